The van der Waals surface area contributed by atoms with Crippen LogP contribution in [0.2, 0.25) is 0 Å². The minimum Gasteiger partial charge on any atom is -0.497 e. The monoisotopic (exact) mass is 322 g/mol. The number of rotatable bonds is 4. The molecule has 0 aromatic heterocycles. The highest BCUT2D eigenvalue weighted by molar-refractivity contribution is 6.48. The number of nitrogens with zero attached hydrogens (tertiary/aromatic N) is 2. The van der Waals surface area contributed by atoms with Crippen molar-refractivity contribution >= 4 is 23.1 Å². The third-order valence-electron chi connectivity index (χ3n) is 4.09. The van der Waals surface area contributed by atoms with E-state index >= 15 is 0 Å². The topological polar surface area (TPSA) is 49.9 Å². The summed E-state index contributed by atoms with van der Waals surface area (Å²) >= 11 is 0. The van der Waals surface area contributed by atoms with Gasteiger partial charge in [0.2, 0.25) is 5.78 Å². The van der Waals surface area contributed by atoms with Crippen LogP contribution in [0.1, 0.15) is 12.5 Å². The van der Waals surface area contributed by atoms with E-state index in [0.29, 0.717) is 11.3 Å². The molecule has 0 N–H and O–H groups in total. The molecule has 0 unspecified atom stereocenters. The minimum atomic E-state index is -0.551. The van der Waals surface area contributed by atoms with Crippen LogP contribution in [0.4, 0.5) is 5.69 Å². The van der Waals surface area contributed by atoms with Gasteiger partial charge in [0.1, 0.15) is 5.75 Å². The first-order chi connectivity index (χ1) is 11.5. The Morgan fingerprint density at radius 2 is 1.58 bits per heavy atom. The van der Waals surface area contributed by atoms with E-state index in [9.17, 15) is 9.59 Å². The first-order valence-corrected chi connectivity index (χ1v) is 7.57. The normalized spacial score (nSPS) is 14.4. The highest BCUT2D eigenvalue weighted by Crippen LogP contribution is 2.33. The molecule has 0 radical (unpaired) electrons. The van der Waals surface area contributed by atoms with Crippen molar-refractivity contribution in [2.24, 2.45) is 0 Å². The molecule has 0 atom stereocenters. The number of carbonyl (C=O) groups excluding carboxylic acids is 2. The fraction of sp³-hybridized carbons (Fsp3) is 0.158. The number of hydrazine groups is 1. The molecule has 0 saturated heterocycles. The summed E-state index contributed by atoms with van der Waals surface area (Å²) in [5, 5.41) is 3.10. The number of anilines is 1. The van der Waals surface area contributed by atoms with Crippen molar-refractivity contribution in [3.63, 3.8) is 0 Å². The standard InChI is InChI=1S/C19H18N2O3/c1-13-17(14-7-5-4-6-8-14)21(19(23)18(13)22)20(2)15-9-11-16(24-3)12-10-15/h4-12H,1-3H3. The molecule has 24 heavy (non-hydrogen) atoms. The number of ether oxygens (including phenoxy) is 1. The van der Waals surface area contributed by atoms with Crippen molar-refractivity contribution < 1.29 is 14.3 Å². The summed E-state index contributed by atoms with van der Waals surface area (Å²) in [5.74, 6) is -0.301. The van der Waals surface area contributed by atoms with Gasteiger partial charge >= 0.3 is 5.91 Å². The smallest absolute Gasteiger partial charge is 0.317 e. The van der Waals surface area contributed by atoms with Crippen LogP contribution in [-0.4, -0.2) is 30.9 Å². The fourth-order valence-corrected chi connectivity index (χ4v) is 2.76. The largest absolute Gasteiger partial charge is 0.497 e. The Morgan fingerprint density at radius 1 is 0.958 bits per heavy atom. The van der Waals surface area contributed by atoms with Gasteiger partial charge in [0.25, 0.3) is 0 Å². The van der Waals surface area contributed by atoms with Gasteiger partial charge in [0.05, 0.1) is 18.5 Å². The number of benzene rings is 2. The zero-order chi connectivity index (χ0) is 17.3. The lowest BCUT2D eigenvalue weighted by atomic mass is 10.1. The number of hydrogen-bond acceptors (Lipinski definition) is 4. The Bertz CT molecular complexity index is 810. The average molecular weight is 322 g/mol. The molecule has 1 aliphatic heterocycles. The lowest BCUT2D eigenvalue weighted by molar-refractivity contribution is -0.139. The summed E-state index contributed by atoms with van der Waals surface area (Å²) < 4.78 is 5.16. The number of carbonyl (C=O) groups is 2. The van der Waals surface area contributed by atoms with Crippen LogP contribution in [0.25, 0.3) is 5.70 Å². The molecular formula is C19H18N2O3. The number of Topliss-reactive ketones (excluding diaryl/α,β-unsaturated/α-hetero) is 1. The Morgan fingerprint density at radius 3 is 2.17 bits per heavy atom. The van der Waals surface area contributed by atoms with Gasteiger partial charge in [-0.3, -0.25) is 14.6 Å². The number of methoxy groups -OCH3 is 1. The highest BCUT2D eigenvalue weighted by atomic mass is 16.5. The zero-order valence-corrected chi connectivity index (χ0v) is 13.8. The third kappa shape index (κ3) is 2.54. The molecule has 0 saturated carbocycles. The lowest BCUT2D eigenvalue weighted by Crippen LogP contribution is -2.42. The molecule has 122 valence electrons. The van der Waals surface area contributed by atoms with Gasteiger partial charge in [0.15, 0.2) is 0 Å². The predicted molar refractivity (Wildman–Crippen MR) is 92.3 cm³/mol. The lowest BCUT2D eigenvalue weighted by Gasteiger charge is -2.31. The summed E-state index contributed by atoms with van der Waals surface area (Å²) in [6, 6.07) is 16.7. The first kappa shape index (κ1) is 15.8. The fourth-order valence-electron chi connectivity index (χ4n) is 2.76. The molecule has 2 aromatic carbocycles. The molecule has 0 fully saturated rings. The van der Waals surface area contributed by atoms with Crippen LogP contribution in [0.15, 0.2) is 60.2 Å². The average Bonchev–Trinajstić information content (AvgIpc) is 2.86. The molecular weight excluding hydrogens is 304 g/mol. The Labute approximate surface area is 140 Å². The van der Waals surface area contributed by atoms with Gasteiger partial charge in [-0.1, -0.05) is 30.3 Å². The molecule has 1 heterocycles. The van der Waals surface area contributed by atoms with E-state index in [0.717, 1.165) is 17.0 Å². The second kappa shape index (κ2) is 6.20. The highest BCUT2D eigenvalue weighted by Gasteiger charge is 2.39. The minimum absolute atomic E-state index is 0.451. The molecule has 0 spiro atoms. The van der Waals surface area contributed by atoms with Crippen LogP contribution < -0.4 is 9.75 Å². The van der Waals surface area contributed by atoms with Gasteiger partial charge in [-0.05, 0) is 31.2 Å². The second-order valence-corrected chi connectivity index (χ2v) is 5.51. The van der Waals surface area contributed by atoms with Crippen molar-refractivity contribution in [1.29, 1.82) is 0 Å². The van der Waals surface area contributed by atoms with E-state index in [4.69, 9.17) is 4.74 Å². The SMILES string of the molecule is COc1ccc(N(C)N2C(=O)C(=O)C(C)=C2c2ccccc2)cc1. The van der Waals surface area contributed by atoms with E-state index < -0.39 is 11.7 Å². The van der Waals surface area contributed by atoms with Crippen LogP contribution in [0.5, 0.6) is 5.75 Å². The quantitative estimate of drug-likeness (QED) is 0.812. The molecule has 5 heteroatoms. The first-order valence-electron chi connectivity index (χ1n) is 7.57. The van der Waals surface area contributed by atoms with Crippen LogP contribution in [-0.2, 0) is 9.59 Å². The van der Waals surface area contributed by atoms with E-state index in [1.54, 1.807) is 26.1 Å². The van der Waals surface area contributed by atoms with Gasteiger partial charge in [-0.2, -0.15) is 0 Å². The van der Waals surface area contributed by atoms with Crippen LogP contribution >= 0.6 is 0 Å². The zero-order valence-electron chi connectivity index (χ0n) is 13.8. The van der Waals surface area contributed by atoms with E-state index in [1.807, 2.05) is 54.6 Å². The number of ketones is 1. The summed E-state index contributed by atoms with van der Waals surface area (Å²) in [6.07, 6.45) is 0. The van der Waals surface area contributed by atoms with Gasteiger partial charge < -0.3 is 4.74 Å². The van der Waals surface area contributed by atoms with Crippen LogP contribution in [0.3, 0.4) is 0 Å². The Kier molecular flexibility index (Phi) is 4.08. The Balaban J connectivity index is 2.03. The molecule has 1 aliphatic rings. The number of amides is 1. The summed E-state index contributed by atoms with van der Waals surface area (Å²) in [5.41, 5.74) is 2.67. The summed E-state index contributed by atoms with van der Waals surface area (Å²) in [6.45, 7) is 1.68. The molecule has 0 bridgehead atoms. The van der Waals surface area contributed by atoms with E-state index in [1.165, 1.54) is 5.01 Å². The second-order valence-electron chi connectivity index (χ2n) is 5.51. The van der Waals surface area contributed by atoms with E-state index in [-0.39, 0.29) is 0 Å². The maximum Gasteiger partial charge on any atom is 0.317 e. The predicted octanol–water partition coefficient (Wildman–Crippen LogP) is 2.89. The Hall–Kier alpha value is -3.08. The van der Waals surface area contributed by atoms with Crippen molar-refractivity contribution in [2.75, 3.05) is 19.2 Å². The van der Waals surface area contributed by atoms with Gasteiger partial charge in [0, 0.05) is 18.2 Å². The molecule has 1 amide bonds. The van der Waals surface area contributed by atoms with Crippen LogP contribution in [0, 0.1) is 0 Å². The van der Waals surface area contributed by atoms with Crippen molar-refractivity contribution in [1.82, 2.24) is 5.01 Å². The van der Waals surface area contributed by atoms with Gasteiger partial charge in [-0.15, -0.1) is 0 Å². The van der Waals surface area contributed by atoms with Crippen molar-refractivity contribution in [2.45, 2.75) is 6.92 Å². The molecule has 2 aromatic rings. The summed E-state index contributed by atoms with van der Waals surface area (Å²) in [7, 11) is 3.36. The number of hydrogen-bond donors (Lipinski definition) is 0. The maximum atomic E-state index is 12.5. The van der Waals surface area contributed by atoms with Gasteiger partial charge in [-0.25, -0.2) is 5.01 Å². The van der Waals surface area contributed by atoms with Crippen molar-refractivity contribution in [3.8, 4) is 5.75 Å². The summed E-state index contributed by atoms with van der Waals surface area (Å²) in [4.78, 5) is 24.7. The van der Waals surface area contributed by atoms with E-state index in [2.05, 4.69) is 0 Å². The maximum absolute atomic E-state index is 12.5. The third-order valence-corrected chi connectivity index (χ3v) is 4.09. The van der Waals surface area contributed by atoms with Crippen molar-refractivity contribution in [3.05, 3.63) is 65.7 Å². The molecule has 3 rings (SSSR count). The molecule has 0 aliphatic carbocycles. The molecule has 5 nitrogen and oxygen atoms in total.